The van der Waals surface area contributed by atoms with E-state index in [9.17, 15) is 14.7 Å². The highest BCUT2D eigenvalue weighted by Crippen LogP contribution is 2.67. The van der Waals surface area contributed by atoms with E-state index >= 15 is 0 Å². The van der Waals surface area contributed by atoms with Crippen molar-refractivity contribution < 1.29 is 19.4 Å². The van der Waals surface area contributed by atoms with Gasteiger partial charge in [-0.25, -0.2) is 0 Å². The molecule has 1 N–H and O–H groups in total. The second kappa shape index (κ2) is 7.66. The molecule has 4 aliphatic rings. The molecule has 9 atom stereocenters. The number of hydrogen-bond acceptors (Lipinski definition) is 4. The average Bonchev–Trinajstić information content (AvgIpc) is 3.05. The van der Waals surface area contributed by atoms with Crippen molar-refractivity contribution >= 4 is 11.8 Å². The minimum Gasteiger partial charge on any atom is -0.469 e. The van der Waals surface area contributed by atoms with E-state index < -0.39 is 0 Å². The Morgan fingerprint density at radius 3 is 2.55 bits per heavy atom. The fourth-order valence-corrected chi connectivity index (χ4v) is 8.64. The Hall–Kier alpha value is -0.900. The van der Waals surface area contributed by atoms with Gasteiger partial charge in [0.1, 0.15) is 5.78 Å². The number of carbonyl (C=O) groups excluding carboxylic acids is 2. The predicted molar refractivity (Wildman–Crippen MR) is 112 cm³/mol. The highest BCUT2D eigenvalue weighted by molar-refractivity contribution is 5.83. The van der Waals surface area contributed by atoms with Crippen LogP contribution in [0.15, 0.2) is 0 Å². The third-order valence-corrected chi connectivity index (χ3v) is 10.2. The maximum Gasteiger partial charge on any atom is 0.305 e. The van der Waals surface area contributed by atoms with Crippen molar-refractivity contribution in [2.24, 2.45) is 46.3 Å². The number of esters is 1. The summed E-state index contributed by atoms with van der Waals surface area (Å²) in [6.45, 7) is 7.18. The van der Waals surface area contributed by atoms with E-state index in [2.05, 4.69) is 20.8 Å². The summed E-state index contributed by atoms with van der Waals surface area (Å²) in [5.41, 5.74) is 0.392. The number of carbonyl (C=O) groups is 2. The molecule has 0 radical (unpaired) electrons. The number of ether oxygens (including phenoxy) is 1. The second-order valence-electron chi connectivity index (χ2n) is 11.4. The van der Waals surface area contributed by atoms with Gasteiger partial charge >= 0.3 is 5.97 Å². The first-order chi connectivity index (χ1) is 13.7. The minimum absolute atomic E-state index is 0.0769. The van der Waals surface area contributed by atoms with Crippen molar-refractivity contribution in [3.63, 3.8) is 0 Å². The summed E-state index contributed by atoms with van der Waals surface area (Å²) in [6.07, 6.45) is 9.39. The fraction of sp³-hybridized carbons (Fsp3) is 0.920. The van der Waals surface area contributed by atoms with Gasteiger partial charge in [0.05, 0.1) is 13.2 Å². The third kappa shape index (κ3) is 3.38. The van der Waals surface area contributed by atoms with Crippen LogP contribution in [0.4, 0.5) is 0 Å². The van der Waals surface area contributed by atoms with Gasteiger partial charge in [-0.1, -0.05) is 20.8 Å². The average molecular weight is 405 g/mol. The molecule has 4 aliphatic carbocycles. The van der Waals surface area contributed by atoms with Gasteiger partial charge in [-0.2, -0.15) is 0 Å². The van der Waals surface area contributed by atoms with E-state index in [1.807, 2.05) is 0 Å². The van der Waals surface area contributed by atoms with Gasteiger partial charge in [0.15, 0.2) is 0 Å². The summed E-state index contributed by atoms with van der Waals surface area (Å²) in [5, 5.41) is 10.2. The lowest BCUT2D eigenvalue weighted by Crippen LogP contribution is -2.57. The number of ketones is 1. The van der Waals surface area contributed by atoms with Gasteiger partial charge < -0.3 is 9.84 Å². The van der Waals surface area contributed by atoms with Crippen LogP contribution in [0.5, 0.6) is 0 Å². The molecule has 164 valence electrons. The maximum atomic E-state index is 13.2. The topological polar surface area (TPSA) is 63.6 Å². The maximum absolute atomic E-state index is 13.2. The van der Waals surface area contributed by atoms with Gasteiger partial charge in [0.25, 0.3) is 0 Å². The SMILES string of the molecule is COC(=O)CCC(C)[C@H]1CCC2C3CC(=O)[C@H]4C[C@H](O)CC[C@]4(C)C3CC[C@@]21C. The van der Waals surface area contributed by atoms with Crippen LogP contribution in [-0.2, 0) is 14.3 Å². The summed E-state index contributed by atoms with van der Waals surface area (Å²) in [7, 11) is 1.47. The molecule has 4 nitrogen and oxygen atoms in total. The van der Waals surface area contributed by atoms with Gasteiger partial charge in [0.2, 0.25) is 0 Å². The molecular weight excluding hydrogens is 364 g/mol. The summed E-state index contributed by atoms with van der Waals surface area (Å²) in [4.78, 5) is 24.8. The zero-order valence-corrected chi connectivity index (χ0v) is 18.8. The molecule has 0 amide bonds. The zero-order valence-electron chi connectivity index (χ0n) is 18.8. The van der Waals surface area contributed by atoms with Crippen LogP contribution >= 0.6 is 0 Å². The molecule has 0 aromatic carbocycles. The number of aliphatic hydroxyl groups is 1. The second-order valence-corrected chi connectivity index (χ2v) is 11.4. The van der Waals surface area contributed by atoms with E-state index in [0.717, 1.165) is 25.7 Å². The molecule has 0 aromatic heterocycles. The molecule has 4 unspecified atom stereocenters. The summed E-state index contributed by atoms with van der Waals surface area (Å²) >= 11 is 0. The van der Waals surface area contributed by atoms with Crippen molar-refractivity contribution in [3.8, 4) is 0 Å². The Bertz CT molecular complexity index is 659. The number of fused-ring (bicyclic) bond motifs is 5. The molecule has 0 heterocycles. The predicted octanol–water partition coefficient (Wildman–Crippen LogP) is 4.77. The monoisotopic (exact) mass is 404 g/mol. The Labute approximate surface area is 176 Å². The quantitative estimate of drug-likeness (QED) is 0.685. The summed E-state index contributed by atoms with van der Waals surface area (Å²) in [5.74, 6) is 3.37. The molecule has 4 saturated carbocycles. The highest BCUT2D eigenvalue weighted by atomic mass is 16.5. The first kappa shape index (κ1) is 21.3. The van der Waals surface area contributed by atoms with Crippen LogP contribution in [0.2, 0.25) is 0 Å². The normalized spacial score (nSPS) is 47.7. The van der Waals surface area contributed by atoms with Gasteiger partial charge in [-0.15, -0.1) is 0 Å². The first-order valence-electron chi connectivity index (χ1n) is 12.0. The third-order valence-electron chi connectivity index (χ3n) is 10.2. The molecule has 0 saturated heterocycles. The van der Waals surface area contributed by atoms with Crippen molar-refractivity contribution in [3.05, 3.63) is 0 Å². The molecule has 4 rings (SSSR count). The molecule has 0 bridgehead atoms. The minimum atomic E-state index is -0.283. The highest BCUT2D eigenvalue weighted by Gasteiger charge is 2.62. The van der Waals surface area contributed by atoms with E-state index in [4.69, 9.17) is 4.74 Å². The Morgan fingerprint density at radius 2 is 1.83 bits per heavy atom. The van der Waals surface area contributed by atoms with E-state index in [1.165, 1.54) is 32.8 Å². The van der Waals surface area contributed by atoms with Crippen LogP contribution < -0.4 is 0 Å². The molecule has 4 heteroatoms. The summed E-state index contributed by atoms with van der Waals surface area (Å²) in [6, 6.07) is 0. The lowest BCUT2D eigenvalue weighted by atomic mass is 9.44. The summed E-state index contributed by atoms with van der Waals surface area (Å²) < 4.78 is 4.85. The standard InChI is InChI=1S/C25H40O4/c1-15(5-8-23(28)29-4)18-6-7-19-17-14-22(27)21-13-16(26)9-11-25(21,3)20(17)10-12-24(18,19)2/h15-21,26H,5-14H2,1-4H3/t15?,16-,17?,18-,19?,20?,21-,24-,25-/m1/s1. The van der Waals surface area contributed by atoms with Crippen molar-refractivity contribution in [2.75, 3.05) is 7.11 Å². The number of hydrogen-bond donors (Lipinski definition) is 1. The van der Waals surface area contributed by atoms with Crippen LogP contribution in [0, 0.1) is 46.3 Å². The van der Waals surface area contributed by atoms with Crippen LogP contribution in [0.1, 0.15) is 85.0 Å². The van der Waals surface area contributed by atoms with Crippen molar-refractivity contribution in [1.82, 2.24) is 0 Å². The molecule has 29 heavy (non-hydrogen) atoms. The van der Waals surface area contributed by atoms with Crippen molar-refractivity contribution in [2.45, 2.75) is 91.1 Å². The Morgan fingerprint density at radius 1 is 1.14 bits per heavy atom. The van der Waals surface area contributed by atoms with E-state index in [-0.39, 0.29) is 23.4 Å². The lowest BCUT2D eigenvalue weighted by molar-refractivity contribution is -0.160. The fourth-order valence-electron chi connectivity index (χ4n) is 8.64. The van der Waals surface area contributed by atoms with E-state index in [0.29, 0.717) is 53.6 Å². The Kier molecular flexibility index (Phi) is 5.63. The number of rotatable bonds is 4. The number of Topliss-reactive ketones (excluding diaryl/α,β-unsaturated/α-hetero) is 1. The molecule has 0 spiro atoms. The van der Waals surface area contributed by atoms with Crippen LogP contribution in [0.3, 0.4) is 0 Å². The molecular formula is C25H40O4. The van der Waals surface area contributed by atoms with Crippen LogP contribution in [0.25, 0.3) is 0 Å². The zero-order chi connectivity index (χ0) is 21.0. The smallest absolute Gasteiger partial charge is 0.305 e. The van der Waals surface area contributed by atoms with Crippen molar-refractivity contribution in [1.29, 1.82) is 0 Å². The first-order valence-corrected chi connectivity index (χ1v) is 12.0. The molecule has 0 aromatic rings. The van der Waals surface area contributed by atoms with Gasteiger partial charge in [0, 0.05) is 18.8 Å². The van der Waals surface area contributed by atoms with E-state index in [1.54, 1.807) is 0 Å². The number of methoxy groups -OCH3 is 1. The Balaban J connectivity index is 1.52. The van der Waals surface area contributed by atoms with Crippen LogP contribution in [-0.4, -0.2) is 30.1 Å². The van der Waals surface area contributed by atoms with Gasteiger partial charge in [-0.3, -0.25) is 9.59 Å². The van der Waals surface area contributed by atoms with Gasteiger partial charge in [-0.05, 0) is 91.8 Å². The largest absolute Gasteiger partial charge is 0.469 e. The lowest BCUT2D eigenvalue weighted by Gasteiger charge is -2.60. The molecule has 0 aliphatic heterocycles. The number of aliphatic hydroxyl groups excluding tert-OH is 1. The molecule has 4 fully saturated rings.